The van der Waals surface area contributed by atoms with E-state index >= 15 is 0 Å². The number of alkyl carbamates (subject to hydrolysis) is 1. The SMILES string of the molecule is Cc1ccc(C)c(C(C(=O)NC(Cc2ccccc2)C(=O)OC(C)(C)C)N(C(=O)C(CC(N)=O)NC(=O)OC(C)(C)C)C(C)CCC(C)C)c1. The van der Waals surface area contributed by atoms with Crippen LogP contribution >= 0.6 is 0 Å². The van der Waals surface area contributed by atoms with Gasteiger partial charge >= 0.3 is 12.1 Å². The van der Waals surface area contributed by atoms with Crippen molar-refractivity contribution in [3.05, 3.63) is 70.8 Å². The normalized spacial score (nSPS) is 14.2. The van der Waals surface area contributed by atoms with Crippen LogP contribution in [0.25, 0.3) is 0 Å². The van der Waals surface area contributed by atoms with E-state index in [1.54, 1.807) is 41.5 Å². The molecule has 2 rings (SSSR count). The first-order chi connectivity index (χ1) is 23.1. The Morgan fingerprint density at radius 3 is 1.94 bits per heavy atom. The van der Waals surface area contributed by atoms with Gasteiger partial charge in [0.25, 0.3) is 0 Å². The number of aryl methyl sites for hydroxylation is 2. The number of hydrogen-bond donors (Lipinski definition) is 3. The number of hydrogen-bond acceptors (Lipinski definition) is 7. The van der Waals surface area contributed by atoms with Crippen molar-refractivity contribution in [2.24, 2.45) is 11.7 Å². The second-order valence-corrected chi connectivity index (χ2v) is 15.5. The molecular weight excluding hydrogens is 636 g/mol. The number of benzene rings is 2. The fourth-order valence-electron chi connectivity index (χ4n) is 5.48. The largest absolute Gasteiger partial charge is 0.458 e. The number of esters is 1. The molecule has 0 aliphatic carbocycles. The van der Waals surface area contributed by atoms with Crippen molar-refractivity contribution in [1.29, 1.82) is 0 Å². The monoisotopic (exact) mass is 694 g/mol. The van der Waals surface area contributed by atoms with E-state index in [4.69, 9.17) is 15.2 Å². The highest BCUT2D eigenvalue weighted by Gasteiger charge is 2.41. The molecule has 276 valence electrons. The Morgan fingerprint density at radius 2 is 1.40 bits per heavy atom. The number of ether oxygens (including phenoxy) is 2. The Morgan fingerprint density at radius 1 is 0.800 bits per heavy atom. The number of carbonyl (C=O) groups is 5. The van der Waals surface area contributed by atoms with Crippen LogP contribution in [0.5, 0.6) is 0 Å². The average Bonchev–Trinajstić information content (AvgIpc) is 2.97. The third-order valence-corrected chi connectivity index (χ3v) is 7.83. The van der Waals surface area contributed by atoms with E-state index in [1.165, 1.54) is 4.90 Å². The number of nitrogens with two attached hydrogens (primary N) is 1. The molecule has 11 nitrogen and oxygen atoms in total. The predicted octanol–water partition coefficient (Wildman–Crippen LogP) is 5.84. The summed E-state index contributed by atoms with van der Waals surface area (Å²) in [5.74, 6) is -2.48. The molecule has 0 aromatic heterocycles. The minimum absolute atomic E-state index is 0.141. The van der Waals surface area contributed by atoms with E-state index in [0.717, 1.165) is 23.1 Å². The quantitative estimate of drug-likeness (QED) is 0.198. The lowest BCUT2D eigenvalue weighted by Crippen LogP contribution is -2.57. The molecule has 4 atom stereocenters. The van der Waals surface area contributed by atoms with Crippen LogP contribution in [-0.2, 0) is 35.1 Å². The van der Waals surface area contributed by atoms with Gasteiger partial charge in [0.05, 0.1) is 6.42 Å². The fourth-order valence-corrected chi connectivity index (χ4v) is 5.48. The van der Waals surface area contributed by atoms with Gasteiger partial charge in [-0.25, -0.2) is 9.59 Å². The number of carbonyl (C=O) groups excluding carboxylic acids is 5. The van der Waals surface area contributed by atoms with Crippen LogP contribution in [-0.4, -0.2) is 64.0 Å². The van der Waals surface area contributed by atoms with Crippen LogP contribution < -0.4 is 16.4 Å². The van der Waals surface area contributed by atoms with Gasteiger partial charge in [-0.05, 0) is 97.8 Å². The van der Waals surface area contributed by atoms with E-state index in [-0.39, 0.29) is 12.3 Å². The molecule has 4 amide bonds. The number of nitrogens with one attached hydrogen (secondary N) is 2. The molecule has 4 unspecified atom stereocenters. The molecule has 0 saturated heterocycles. The van der Waals surface area contributed by atoms with Gasteiger partial charge in [-0.2, -0.15) is 0 Å². The van der Waals surface area contributed by atoms with E-state index in [2.05, 4.69) is 24.5 Å². The highest BCUT2D eigenvalue weighted by Crippen LogP contribution is 2.31. The van der Waals surface area contributed by atoms with Crippen molar-refractivity contribution in [1.82, 2.24) is 15.5 Å². The maximum absolute atomic E-state index is 14.8. The van der Waals surface area contributed by atoms with Gasteiger partial charge in [0.15, 0.2) is 0 Å². The van der Waals surface area contributed by atoms with Gasteiger partial charge in [-0.1, -0.05) is 67.9 Å². The molecule has 0 bridgehead atoms. The number of rotatable bonds is 15. The summed E-state index contributed by atoms with van der Waals surface area (Å²) in [6.45, 7) is 19.9. The van der Waals surface area contributed by atoms with E-state index in [9.17, 15) is 24.0 Å². The molecule has 0 radical (unpaired) electrons. The molecule has 11 heteroatoms. The van der Waals surface area contributed by atoms with Crippen LogP contribution in [0.4, 0.5) is 4.79 Å². The second kappa shape index (κ2) is 18.0. The third-order valence-electron chi connectivity index (χ3n) is 7.83. The molecule has 0 aliphatic heterocycles. The van der Waals surface area contributed by atoms with Gasteiger partial charge in [-0.15, -0.1) is 0 Å². The fraction of sp³-hybridized carbons (Fsp3) is 0.564. The molecule has 0 heterocycles. The molecule has 4 N–H and O–H groups in total. The summed E-state index contributed by atoms with van der Waals surface area (Å²) in [7, 11) is 0. The Kier molecular flexibility index (Phi) is 15.0. The molecule has 0 spiro atoms. The first kappa shape index (κ1) is 41.8. The van der Waals surface area contributed by atoms with Gasteiger partial charge in [0, 0.05) is 12.5 Å². The lowest BCUT2D eigenvalue weighted by molar-refractivity contribution is -0.159. The van der Waals surface area contributed by atoms with Crippen LogP contribution in [0.15, 0.2) is 48.5 Å². The van der Waals surface area contributed by atoms with Crippen LogP contribution in [0.1, 0.15) is 110 Å². The Labute approximate surface area is 298 Å². The summed E-state index contributed by atoms with van der Waals surface area (Å²) in [6.07, 6.45) is -0.0651. The first-order valence-corrected chi connectivity index (χ1v) is 17.3. The van der Waals surface area contributed by atoms with Crippen molar-refractivity contribution < 1.29 is 33.4 Å². The van der Waals surface area contributed by atoms with Crippen LogP contribution in [0.3, 0.4) is 0 Å². The average molecular weight is 695 g/mol. The third kappa shape index (κ3) is 13.8. The van der Waals surface area contributed by atoms with Gasteiger partial charge in [-0.3, -0.25) is 14.4 Å². The second-order valence-electron chi connectivity index (χ2n) is 15.5. The van der Waals surface area contributed by atoms with Crippen molar-refractivity contribution >= 4 is 29.8 Å². The zero-order chi connectivity index (χ0) is 38.0. The summed E-state index contributed by atoms with van der Waals surface area (Å²) in [6, 6.07) is 10.5. The lowest BCUT2D eigenvalue weighted by atomic mass is 9.93. The molecule has 0 saturated carbocycles. The van der Waals surface area contributed by atoms with Crippen molar-refractivity contribution in [3.8, 4) is 0 Å². The first-order valence-electron chi connectivity index (χ1n) is 17.3. The number of primary amides is 1. The molecular formula is C39H58N4O7. The summed E-state index contributed by atoms with van der Waals surface area (Å²) in [4.78, 5) is 69.9. The van der Waals surface area contributed by atoms with Crippen LogP contribution in [0, 0.1) is 19.8 Å². The van der Waals surface area contributed by atoms with Crippen LogP contribution in [0.2, 0.25) is 0 Å². The summed E-state index contributed by atoms with van der Waals surface area (Å²) >= 11 is 0. The molecule has 50 heavy (non-hydrogen) atoms. The predicted molar refractivity (Wildman–Crippen MR) is 194 cm³/mol. The van der Waals surface area contributed by atoms with Gasteiger partial charge in [0.2, 0.25) is 17.7 Å². The zero-order valence-corrected chi connectivity index (χ0v) is 31.7. The molecule has 2 aromatic carbocycles. The minimum Gasteiger partial charge on any atom is -0.458 e. The highest BCUT2D eigenvalue weighted by atomic mass is 16.6. The van der Waals surface area contributed by atoms with Crippen molar-refractivity contribution in [2.75, 3.05) is 0 Å². The van der Waals surface area contributed by atoms with Gasteiger partial charge < -0.3 is 30.7 Å². The maximum atomic E-state index is 14.8. The minimum atomic E-state index is -1.43. The standard InChI is InChI=1S/C39H58N4O7/c1-24(2)17-20-27(5)43(35(46)30(23-32(40)44)42-37(48)50-39(9,10)11)33(29-21-25(3)18-19-26(29)4)34(45)41-31(36(47)49-38(6,7)8)22-28-15-13-12-14-16-28/h12-16,18-19,21,24,27,30-31,33H,17,20,22-23H2,1-11H3,(H2,40,44)(H,41,45)(H,42,48). The summed E-state index contributed by atoms with van der Waals surface area (Å²) in [5, 5.41) is 5.46. The Bertz CT molecular complexity index is 1480. The molecule has 0 fully saturated rings. The van der Waals surface area contributed by atoms with Gasteiger partial charge in [0.1, 0.15) is 29.3 Å². The maximum Gasteiger partial charge on any atom is 0.408 e. The number of nitrogens with zero attached hydrogens (tertiary/aromatic N) is 1. The Hall–Kier alpha value is -4.41. The number of amides is 4. The summed E-state index contributed by atoms with van der Waals surface area (Å²) < 4.78 is 11.2. The van der Waals surface area contributed by atoms with E-state index < -0.39 is 71.6 Å². The van der Waals surface area contributed by atoms with Crippen molar-refractivity contribution in [2.45, 2.75) is 137 Å². The highest BCUT2D eigenvalue weighted by molar-refractivity contribution is 5.96. The van der Waals surface area contributed by atoms with E-state index in [0.29, 0.717) is 12.0 Å². The molecule has 2 aromatic rings. The lowest BCUT2D eigenvalue weighted by Gasteiger charge is -2.39. The van der Waals surface area contributed by atoms with E-state index in [1.807, 2.05) is 69.3 Å². The smallest absolute Gasteiger partial charge is 0.408 e. The van der Waals surface area contributed by atoms with Crippen molar-refractivity contribution in [3.63, 3.8) is 0 Å². The molecule has 0 aliphatic rings. The zero-order valence-electron chi connectivity index (χ0n) is 31.7. The Balaban J connectivity index is 2.78. The topological polar surface area (TPSA) is 157 Å². The summed E-state index contributed by atoms with van der Waals surface area (Å²) in [5.41, 5.74) is 6.79.